The lowest BCUT2D eigenvalue weighted by Gasteiger charge is -2.10. The molecule has 1 N–H and O–H groups in total. The van der Waals surface area contributed by atoms with Crippen LogP contribution in [0.5, 0.6) is 0 Å². The molecule has 6 rings (SSSR count). The molecule has 0 bridgehead atoms. The summed E-state index contributed by atoms with van der Waals surface area (Å²) in [5, 5.41) is 3.43. The molecule has 6 aromatic rings. The lowest BCUT2D eigenvalue weighted by molar-refractivity contribution is -0.140. The maximum atomic E-state index is 13.3. The lowest BCUT2D eigenvalue weighted by Crippen LogP contribution is -2.23. The van der Waals surface area contributed by atoms with Crippen molar-refractivity contribution in [1.29, 1.82) is 0 Å². The van der Waals surface area contributed by atoms with Gasteiger partial charge in [0.15, 0.2) is 6.01 Å². The molecule has 14 heteroatoms. The number of pyridine rings is 4. The molecule has 1 amide bonds. The highest BCUT2D eigenvalue weighted by atomic mass is 32.2. The van der Waals surface area contributed by atoms with Crippen LogP contribution in [0.15, 0.2) is 82.6 Å². The van der Waals surface area contributed by atoms with E-state index in [-0.39, 0.29) is 39.0 Å². The lowest BCUT2D eigenvalue weighted by atomic mass is 10.1. The number of benzene rings is 1. The quantitative estimate of drug-likeness (QED) is 0.245. The van der Waals surface area contributed by atoms with Crippen LogP contribution >= 0.6 is 0 Å². The second-order valence-corrected chi connectivity index (χ2v) is 11.1. The SMILES string of the molecule is O=C(NCc1cc2nc(-c3ccnc4ccc(C(F)(F)F)nc34)ccc2cn1)c1ccc2occ(S(=O)(=O)CF)c2c1. The van der Waals surface area contributed by atoms with Gasteiger partial charge in [-0.15, -0.1) is 0 Å². The maximum absolute atomic E-state index is 13.3. The molecule has 42 heavy (non-hydrogen) atoms. The summed E-state index contributed by atoms with van der Waals surface area (Å²) in [4.78, 5) is 29.3. The number of carbonyl (C=O) groups excluding carboxylic acids is 1. The van der Waals surface area contributed by atoms with Gasteiger partial charge in [0.25, 0.3) is 5.91 Å². The molecule has 0 aliphatic carbocycles. The number of aromatic nitrogens is 4. The Balaban J connectivity index is 1.27. The number of rotatable bonds is 6. The Morgan fingerprint density at radius 1 is 0.952 bits per heavy atom. The average molecular weight is 596 g/mol. The van der Waals surface area contributed by atoms with Gasteiger partial charge < -0.3 is 9.73 Å². The van der Waals surface area contributed by atoms with Crippen molar-refractivity contribution in [3.63, 3.8) is 0 Å². The van der Waals surface area contributed by atoms with Gasteiger partial charge in [0.2, 0.25) is 9.84 Å². The topological polar surface area (TPSA) is 128 Å². The fourth-order valence-electron chi connectivity index (χ4n) is 4.41. The zero-order valence-electron chi connectivity index (χ0n) is 21.2. The van der Waals surface area contributed by atoms with Crippen LogP contribution in [-0.4, -0.2) is 40.3 Å². The third kappa shape index (κ3) is 5.00. The summed E-state index contributed by atoms with van der Waals surface area (Å²) in [6.45, 7) is -0.0194. The summed E-state index contributed by atoms with van der Waals surface area (Å²) in [6, 6.07) is 11.2. The van der Waals surface area contributed by atoms with Crippen LogP contribution in [-0.2, 0) is 22.6 Å². The van der Waals surface area contributed by atoms with E-state index in [1.165, 1.54) is 36.5 Å². The van der Waals surface area contributed by atoms with Crippen LogP contribution in [0, 0.1) is 0 Å². The molecule has 5 heterocycles. The number of hydrogen-bond donors (Lipinski definition) is 1. The van der Waals surface area contributed by atoms with E-state index >= 15 is 0 Å². The largest absolute Gasteiger partial charge is 0.463 e. The average Bonchev–Trinajstić information content (AvgIpc) is 3.43. The Morgan fingerprint density at radius 3 is 2.57 bits per heavy atom. The van der Waals surface area contributed by atoms with E-state index in [1.807, 2.05) is 0 Å². The number of nitrogens with one attached hydrogen (secondary N) is 1. The number of furan rings is 1. The minimum atomic E-state index is -4.62. The zero-order valence-corrected chi connectivity index (χ0v) is 22.0. The fourth-order valence-corrected chi connectivity index (χ4v) is 5.22. The summed E-state index contributed by atoms with van der Waals surface area (Å²) in [6.07, 6.45) is -0.684. The van der Waals surface area contributed by atoms with E-state index in [9.17, 15) is 30.8 Å². The molecule has 0 aliphatic heterocycles. The highest BCUT2D eigenvalue weighted by Gasteiger charge is 2.33. The molecule has 0 unspecified atom stereocenters. The van der Waals surface area contributed by atoms with Crippen molar-refractivity contribution in [3.8, 4) is 11.3 Å². The molecule has 0 saturated heterocycles. The van der Waals surface area contributed by atoms with Gasteiger partial charge >= 0.3 is 6.18 Å². The molecular formula is C28H17F4N5O4S. The summed E-state index contributed by atoms with van der Waals surface area (Å²) in [7, 11) is -4.21. The molecule has 9 nitrogen and oxygen atoms in total. The van der Waals surface area contributed by atoms with Crippen LogP contribution in [0.2, 0.25) is 0 Å². The minimum absolute atomic E-state index is 0.0194. The van der Waals surface area contributed by atoms with Gasteiger partial charge in [-0.05, 0) is 54.6 Å². The van der Waals surface area contributed by atoms with Gasteiger partial charge in [-0.1, -0.05) is 0 Å². The van der Waals surface area contributed by atoms with E-state index in [1.54, 1.807) is 24.4 Å². The Labute approximate surface area is 234 Å². The van der Waals surface area contributed by atoms with Crippen molar-refractivity contribution in [2.45, 2.75) is 17.6 Å². The zero-order chi connectivity index (χ0) is 29.6. The number of nitrogens with zero attached hydrogens (tertiary/aromatic N) is 4. The standard InChI is InChI=1S/C28H17F4N5O4S/c29-14-42(39,40)24-13-41-23-5-2-15(9-19(23)24)27(38)35-12-17-10-22-16(11-34-17)1-3-20(36-22)18-7-8-33-21-4-6-25(28(30,31)32)37-26(18)21/h1-11,13H,12,14H2,(H,35,38). The number of alkyl halides is 4. The second kappa shape index (κ2) is 10.1. The number of halogens is 4. The van der Waals surface area contributed by atoms with Crippen molar-refractivity contribution in [3.05, 3.63) is 90.2 Å². The van der Waals surface area contributed by atoms with Gasteiger partial charge in [-0.3, -0.25) is 14.8 Å². The normalized spacial score (nSPS) is 12.3. The van der Waals surface area contributed by atoms with Gasteiger partial charge in [0.1, 0.15) is 22.4 Å². The third-order valence-electron chi connectivity index (χ3n) is 6.49. The van der Waals surface area contributed by atoms with Crippen LogP contribution in [0.1, 0.15) is 21.7 Å². The Morgan fingerprint density at radius 2 is 1.79 bits per heavy atom. The summed E-state index contributed by atoms with van der Waals surface area (Å²) < 4.78 is 82.1. The Hall–Kier alpha value is -4.98. The first kappa shape index (κ1) is 27.2. The van der Waals surface area contributed by atoms with E-state index in [2.05, 4.69) is 25.3 Å². The first-order valence-corrected chi connectivity index (χ1v) is 13.9. The number of sulfone groups is 1. The molecule has 0 aliphatic rings. The second-order valence-electron chi connectivity index (χ2n) is 9.20. The predicted octanol–water partition coefficient (Wildman–Crippen LogP) is 5.64. The highest BCUT2D eigenvalue weighted by Crippen LogP contribution is 2.32. The molecule has 0 radical (unpaired) electrons. The summed E-state index contributed by atoms with van der Waals surface area (Å²) in [5.41, 5.74) is 1.24. The van der Waals surface area contributed by atoms with Crippen molar-refractivity contribution in [1.82, 2.24) is 25.3 Å². The highest BCUT2D eigenvalue weighted by molar-refractivity contribution is 7.91. The molecule has 0 fully saturated rings. The third-order valence-corrected chi connectivity index (χ3v) is 7.76. The minimum Gasteiger partial charge on any atom is -0.463 e. The van der Waals surface area contributed by atoms with Crippen molar-refractivity contribution in [2.75, 3.05) is 6.01 Å². The molecule has 0 saturated carbocycles. The first-order chi connectivity index (χ1) is 20.0. The van der Waals surface area contributed by atoms with Gasteiger partial charge in [0.05, 0.1) is 34.5 Å². The molecular weight excluding hydrogens is 578 g/mol. The van der Waals surface area contributed by atoms with Crippen molar-refractivity contribution < 1.29 is 35.2 Å². The van der Waals surface area contributed by atoms with Crippen molar-refractivity contribution in [2.24, 2.45) is 0 Å². The molecule has 0 atom stereocenters. The van der Waals surface area contributed by atoms with Crippen LogP contribution in [0.25, 0.3) is 44.2 Å². The number of amides is 1. The summed E-state index contributed by atoms with van der Waals surface area (Å²) >= 11 is 0. The number of hydrogen-bond acceptors (Lipinski definition) is 8. The van der Waals surface area contributed by atoms with Gasteiger partial charge in [0, 0.05) is 34.3 Å². The van der Waals surface area contributed by atoms with E-state index in [4.69, 9.17) is 4.42 Å². The van der Waals surface area contributed by atoms with E-state index in [0.717, 1.165) is 12.3 Å². The Kier molecular flexibility index (Phi) is 6.56. The van der Waals surface area contributed by atoms with E-state index in [0.29, 0.717) is 27.9 Å². The first-order valence-electron chi connectivity index (χ1n) is 12.2. The molecule has 1 aromatic carbocycles. The number of carbonyl (C=O) groups is 1. The van der Waals surface area contributed by atoms with Crippen molar-refractivity contribution >= 4 is 48.7 Å². The van der Waals surface area contributed by atoms with Gasteiger partial charge in [-0.2, -0.15) is 13.2 Å². The van der Waals surface area contributed by atoms with Crippen LogP contribution in [0.4, 0.5) is 17.6 Å². The van der Waals surface area contributed by atoms with Crippen LogP contribution < -0.4 is 5.32 Å². The molecule has 0 spiro atoms. The Bertz CT molecular complexity index is 2130. The monoisotopic (exact) mass is 595 g/mol. The van der Waals surface area contributed by atoms with Crippen LogP contribution in [0.3, 0.4) is 0 Å². The molecule has 212 valence electrons. The fraction of sp³-hybridized carbons (Fsp3) is 0.107. The molecule has 5 aromatic heterocycles. The number of fused-ring (bicyclic) bond motifs is 3. The van der Waals surface area contributed by atoms with Gasteiger partial charge in [-0.25, -0.2) is 22.8 Å². The summed E-state index contributed by atoms with van der Waals surface area (Å²) in [5.74, 6) is -0.542. The van der Waals surface area contributed by atoms with E-state index < -0.39 is 33.6 Å². The predicted molar refractivity (Wildman–Crippen MR) is 144 cm³/mol. The maximum Gasteiger partial charge on any atom is 0.433 e. The smallest absolute Gasteiger partial charge is 0.433 e.